The Labute approximate surface area is 125 Å². The lowest BCUT2D eigenvalue weighted by molar-refractivity contribution is 0.0838. The summed E-state index contributed by atoms with van der Waals surface area (Å²) in [4.78, 5) is 13.9. The lowest BCUT2D eigenvalue weighted by Crippen LogP contribution is -2.52. The summed E-state index contributed by atoms with van der Waals surface area (Å²) in [7, 11) is 1.46. The summed E-state index contributed by atoms with van der Waals surface area (Å²) in [6.45, 7) is 6.82. The largest absolute Gasteiger partial charge is 0.490 e. The fourth-order valence-electron chi connectivity index (χ4n) is 2.51. The quantitative estimate of drug-likeness (QED) is 0.919. The number of likely N-dealkylation sites (tertiary alicyclic amines) is 1. The number of nitrogens with zero attached hydrogens (tertiary/aromatic N) is 1. The Morgan fingerprint density at radius 1 is 1.55 bits per heavy atom. The van der Waals surface area contributed by atoms with Crippen LogP contribution in [0.15, 0.2) is 21.5 Å². The smallest absolute Gasteiger partial charge is 0.227 e. The van der Waals surface area contributed by atoms with Crippen LogP contribution in [0.1, 0.15) is 26.0 Å². The second-order valence-electron chi connectivity index (χ2n) is 5.87. The van der Waals surface area contributed by atoms with Crippen LogP contribution in [0.3, 0.4) is 0 Å². The number of ether oxygens (including phenoxy) is 1. The zero-order valence-corrected chi connectivity index (χ0v) is 13.0. The van der Waals surface area contributed by atoms with Crippen LogP contribution >= 0.6 is 12.4 Å². The third-order valence-electron chi connectivity index (χ3n) is 3.84. The average Bonchev–Trinajstić information content (AvgIpc) is 2.34. The lowest BCUT2D eigenvalue weighted by Gasteiger charge is -2.42. The van der Waals surface area contributed by atoms with Crippen molar-refractivity contribution in [2.75, 3.05) is 20.2 Å². The van der Waals surface area contributed by atoms with Gasteiger partial charge in [0.2, 0.25) is 11.2 Å². The number of hydrogen-bond donors (Lipinski definition) is 1. The van der Waals surface area contributed by atoms with E-state index in [0.717, 1.165) is 19.5 Å². The molecule has 0 amide bonds. The summed E-state index contributed by atoms with van der Waals surface area (Å²) >= 11 is 0. The molecule has 0 aromatic carbocycles. The van der Waals surface area contributed by atoms with Crippen LogP contribution in [0.4, 0.5) is 0 Å². The average molecular weight is 303 g/mol. The van der Waals surface area contributed by atoms with Gasteiger partial charge in [-0.1, -0.05) is 13.8 Å². The maximum absolute atomic E-state index is 11.7. The van der Waals surface area contributed by atoms with Crippen molar-refractivity contribution in [3.8, 4) is 5.75 Å². The molecule has 1 saturated heterocycles. The Bertz CT molecular complexity index is 501. The van der Waals surface area contributed by atoms with Crippen molar-refractivity contribution < 1.29 is 9.15 Å². The molecular weight excluding hydrogens is 280 g/mol. The summed E-state index contributed by atoms with van der Waals surface area (Å²) in [5, 5.41) is 0. The summed E-state index contributed by atoms with van der Waals surface area (Å²) < 4.78 is 10.3. The summed E-state index contributed by atoms with van der Waals surface area (Å²) in [6, 6.07) is 1.73. The Kier molecular flexibility index (Phi) is 5.62. The van der Waals surface area contributed by atoms with Gasteiger partial charge in [0.15, 0.2) is 0 Å². The first-order valence-electron chi connectivity index (χ1n) is 6.56. The minimum atomic E-state index is -0.142. The van der Waals surface area contributed by atoms with Crippen molar-refractivity contribution in [3.05, 3.63) is 28.3 Å². The Morgan fingerprint density at radius 3 is 2.80 bits per heavy atom. The number of hydrogen-bond acceptors (Lipinski definition) is 5. The van der Waals surface area contributed by atoms with E-state index in [0.29, 0.717) is 12.3 Å². The van der Waals surface area contributed by atoms with Crippen molar-refractivity contribution in [2.24, 2.45) is 11.1 Å². The summed E-state index contributed by atoms with van der Waals surface area (Å²) in [5.41, 5.74) is 6.06. The molecule has 20 heavy (non-hydrogen) atoms. The normalized spacial score (nSPS) is 22.1. The van der Waals surface area contributed by atoms with Crippen LogP contribution in [0, 0.1) is 5.41 Å². The molecule has 1 fully saturated rings. The topological polar surface area (TPSA) is 68.7 Å². The summed E-state index contributed by atoms with van der Waals surface area (Å²) in [6.07, 6.45) is 2.34. The van der Waals surface area contributed by atoms with Gasteiger partial charge >= 0.3 is 0 Å². The van der Waals surface area contributed by atoms with Gasteiger partial charge in [0.1, 0.15) is 12.0 Å². The molecule has 1 atom stereocenters. The molecule has 1 aliphatic heterocycles. The third-order valence-corrected chi connectivity index (χ3v) is 3.84. The van der Waals surface area contributed by atoms with Gasteiger partial charge in [-0.2, -0.15) is 0 Å². The standard InChI is InChI=1S/C14H22N2O3.ClH/c1-14(2)9-16(5-4-13(14)15)7-10-6-11(17)12(18-3)8-19-10;/h6,8,13H,4-5,7,9,15H2,1-3H3;1H. The second-order valence-corrected chi connectivity index (χ2v) is 5.87. The van der Waals surface area contributed by atoms with E-state index < -0.39 is 0 Å². The first kappa shape index (κ1) is 17.0. The highest BCUT2D eigenvalue weighted by Crippen LogP contribution is 2.28. The molecule has 5 nitrogen and oxygen atoms in total. The van der Waals surface area contributed by atoms with Crippen molar-refractivity contribution in [1.29, 1.82) is 0 Å². The van der Waals surface area contributed by atoms with Crippen LogP contribution in [0.2, 0.25) is 0 Å². The van der Waals surface area contributed by atoms with Gasteiger partial charge in [-0.05, 0) is 11.8 Å². The maximum atomic E-state index is 11.7. The van der Waals surface area contributed by atoms with Crippen molar-refractivity contribution in [2.45, 2.75) is 32.9 Å². The Morgan fingerprint density at radius 2 is 2.25 bits per heavy atom. The molecule has 0 radical (unpaired) electrons. The van der Waals surface area contributed by atoms with Gasteiger partial charge in [-0.15, -0.1) is 12.4 Å². The SMILES string of the molecule is COc1coc(CN2CCC(N)C(C)(C)C2)cc1=O.Cl. The molecule has 6 heteroatoms. The van der Waals surface area contributed by atoms with E-state index in [2.05, 4.69) is 18.7 Å². The fraction of sp³-hybridized carbons (Fsp3) is 0.643. The highest BCUT2D eigenvalue weighted by Gasteiger charge is 2.33. The lowest BCUT2D eigenvalue weighted by atomic mass is 9.80. The van der Waals surface area contributed by atoms with Crippen molar-refractivity contribution in [1.82, 2.24) is 4.90 Å². The zero-order chi connectivity index (χ0) is 14.0. The molecule has 0 spiro atoms. The molecule has 2 rings (SSSR count). The van der Waals surface area contributed by atoms with Gasteiger partial charge in [0.05, 0.1) is 13.7 Å². The molecular formula is C14H23ClN2O3. The van der Waals surface area contributed by atoms with E-state index in [1.165, 1.54) is 19.4 Å². The highest BCUT2D eigenvalue weighted by molar-refractivity contribution is 5.85. The van der Waals surface area contributed by atoms with E-state index in [1.54, 1.807) is 0 Å². The molecule has 1 aromatic rings. The first-order chi connectivity index (χ1) is 8.92. The highest BCUT2D eigenvalue weighted by atomic mass is 35.5. The first-order valence-corrected chi connectivity index (χ1v) is 6.56. The third kappa shape index (κ3) is 3.75. The van der Waals surface area contributed by atoms with Crippen molar-refractivity contribution in [3.63, 3.8) is 0 Å². The van der Waals surface area contributed by atoms with Gasteiger partial charge in [0.25, 0.3) is 0 Å². The van der Waals surface area contributed by atoms with Crippen LogP contribution in [0.5, 0.6) is 5.75 Å². The number of piperidine rings is 1. The zero-order valence-electron chi connectivity index (χ0n) is 12.2. The molecule has 0 bridgehead atoms. The molecule has 1 aromatic heterocycles. The molecule has 1 unspecified atom stereocenters. The number of nitrogens with two attached hydrogens (primary N) is 1. The number of halogens is 1. The predicted molar refractivity (Wildman–Crippen MR) is 80.4 cm³/mol. The van der Waals surface area contributed by atoms with E-state index in [9.17, 15) is 4.79 Å². The second kappa shape index (κ2) is 6.61. The monoisotopic (exact) mass is 302 g/mol. The molecule has 114 valence electrons. The predicted octanol–water partition coefficient (Wildman–Crippen LogP) is 1.63. The molecule has 2 N–H and O–H groups in total. The Balaban J connectivity index is 0.00000200. The minimum Gasteiger partial charge on any atom is -0.490 e. The molecule has 0 saturated carbocycles. The van der Waals surface area contributed by atoms with Gasteiger partial charge in [-0.3, -0.25) is 9.69 Å². The molecule has 0 aliphatic carbocycles. The van der Waals surface area contributed by atoms with Crippen LogP contribution < -0.4 is 15.9 Å². The minimum absolute atomic E-state index is 0. The van der Waals surface area contributed by atoms with Crippen LogP contribution in [0.25, 0.3) is 0 Å². The van der Waals surface area contributed by atoms with Gasteiger partial charge in [0, 0.05) is 25.2 Å². The fourth-order valence-corrected chi connectivity index (χ4v) is 2.51. The number of rotatable bonds is 3. The van der Waals surface area contributed by atoms with E-state index in [1.807, 2.05) is 0 Å². The van der Waals surface area contributed by atoms with Crippen molar-refractivity contribution >= 4 is 12.4 Å². The van der Waals surface area contributed by atoms with Crippen LogP contribution in [-0.2, 0) is 6.54 Å². The van der Waals surface area contributed by atoms with E-state index in [4.69, 9.17) is 14.9 Å². The van der Waals surface area contributed by atoms with E-state index in [-0.39, 0.29) is 35.0 Å². The maximum Gasteiger partial charge on any atom is 0.227 e. The van der Waals surface area contributed by atoms with Crippen LogP contribution in [-0.4, -0.2) is 31.1 Å². The van der Waals surface area contributed by atoms with Gasteiger partial charge < -0.3 is 14.9 Å². The Hall–Kier alpha value is -1.04. The molecule has 1 aliphatic rings. The molecule has 2 heterocycles. The summed E-state index contributed by atoms with van der Waals surface area (Å²) in [5.74, 6) is 0.904. The van der Waals surface area contributed by atoms with Gasteiger partial charge in [-0.25, -0.2) is 0 Å². The van der Waals surface area contributed by atoms with E-state index >= 15 is 0 Å². The number of methoxy groups -OCH3 is 1.